The lowest BCUT2D eigenvalue weighted by Gasteiger charge is -2.35. The average molecular weight is 636 g/mol. The first-order valence-corrected chi connectivity index (χ1v) is 15.5. The van der Waals surface area contributed by atoms with Crippen molar-refractivity contribution in [2.24, 2.45) is 0 Å². The van der Waals surface area contributed by atoms with Gasteiger partial charge in [0, 0.05) is 42.0 Å². The lowest BCUT2D eigenvalue weighted by Crippen LogP contribution is -2.52. The number of halogens is 2. The van der Waals surface area contributed by atoms with Crippen LogP contribution in [0.15, 0.2) is 67.0 Å². The fourth-order valence-electron chi connectivity index (χ4n) is 5.31. The number of rotatable bonds is 9. The molecule has 0 bridgehead atoms. The predicted molar refractivity (Wildman–Crippen MR) is 170 cm³/mol. The second-order valence-corrected chi connectivity index (χ2v) is 12.0. The van der Waals surface area contributed by atoms with Gasteiger partial charge in [0.1, 0.15) is 41.3 Å². The zero-order chi connectivity index (χ0) is 30.8. The summed E-state index contributed by atoms with van der Waals surface area (Å²) in [6.45, 7) is 5.71. The van der Waals surface area contributed by atoms with Gasteiger partial charge in [0.25, 0.3) is 5.91 Å². The van der Waals surface area contributed by atoms with E-state index in [1.54, 1.807) is 41.3 Å². The molecule has 3 N–H and O–H groups in total. The Labute approximate surface area is 262 Å². The minimum absolute atomic E-state index is 0.176. The van der Waals surface area contributed by atoms with E-state index in [0.29, 0.717) is 46.5 Å². The summed E-state index contributed by atoms with van der Waals surface area (Å²) in [6, 6.07) is 16.8. The molecule has 2 aromatic heterocycles. The van der Waals surface area contributed by atoms with Crippen LogP contribution in [-0.4, -0.2) is 74.7 Å². The summed E-state index contributed by atoms with van der Waals surface area (Å²) in [4.78, 5) is 26.4. The molecule has 0 radical (unpaired) electrons. The van der Waals surface area contributed by atoms with Gasteiger partial charge >= 0.3 is 0 Å². The first-order valence-electron chi connectivity index (χ1n) is 14.3. The molecule has 0 aliphatic carbocycles. The zero-order valence-electron chi connectivity index (χ0n) is 23.9. The first-order chi connectivity index (χ1) is 21.3. The highest BCUT2D eigenvalue weighted by Gasteiger charge is 2.31. The van der Waals surface area contributed by atoms with Crippen molar-refractivity contribution < 1.29 is 24.1 Å². The predicted octanol–water partition coefficient (Wildman–Crippen LogP) is 5.52. The van der Waals surface area contributed by atoms with Gasteiger partial charge in [0.15, 0.2) is 6.10 Å². The van der Waals surface area contributed by atoms with Crippen LogP contribution < -0.4 is 10.1 Å². The maximum atomic E-state index is 13.5. The van der Waals surface area contributed by atoms with E-state index >= 15 is 0 Å². The Morgan fingerprint density at radius 1 is 1.09 bits per heavy atom. The van der Waals surface area contributed by atoms with E-state index in [1.807, 2.05) is 12.1 Å². The van der Waals surface area contributed by atoms with Crippen molar-refractivity contribution >= 4 is 60.7 Å². The Balaban J connectivity index is 1.19. The fourth-order valence-corrected chi connectivity index (χ4v) is 6.64. The molecule has 1 aliphatic rings. The standard InChI is InChI=1S/C32H31ClFN5O4S/c1-2-38-10-12-39(13-11-38)32(42)29(41)28(40)20-6-8-23-26(15-20)44-31-27(23)30(35-18-36-31)37-22-7-9-25(24(33)16-22)43-17-19-4-3-5-21(34)14-19/h3-9,14-16,18,28-29,40-41H,2,10-13,17H2,1H3,(H,35,36,37)/t28-,29+/m0/s1. The molecule has 0 spiro atoms. The number of hydrogen-bond acceptors (Lipinski definition) is 9. The summed E-state index contributed by atoms with van der Waals surface area (Å²) in [5.74, 6) is 0.238. The number of thiophene rings is 1. The summed E-state index contributed by atoms with van der Waals surface area (Å²) in [5, 5.41) is 27.1. The fraction of sp³-hybridized carbons (Fsp3) is 0.281. The van der Waals surface area contributed by atoms with E-state index in [4.69, 9.17) is 16.3 Å². The van der Waals surface area contributed by atoms with Crippen molar-refractivity contribution in [2.45, 2.75) is 25.7 Å². The van der Waals surface area contributed by atoms with Crippen molar-refractivity contribution in [3.05, 3.63) is 89.0 Å². The van der Waals surface area contributed by atoms with E-state index in [0.717, 1.165) is 39.9 Å². The molecule has 44 heavy (non-hydrogen) atoms. The van der Waals surface area contributed by atoms with Crippen molar-refractivity contribution in [3.8, 4) is 5.75 Å². The number of benzene rings is 3. The molecule has 1 fully saturated rings. The first kappa shape index (κ1) is 30.2. The van der Waals surface area contributed by atoms with Crippen LogP contribution in [-0.2, 0) is 11.4 Å². The number of hydrogen-bond donors (Lipinski definition) is 3. The molecule has 5 aromatic rings. The number of likely N-dealkylation sites (N-methyl/N-ethyl adjacent to an activating group) is 1. The minimum Gasteiger partial charge on any atom is -0.487 e. The molecule has 1 amide bonds. The number of carbonyl (C=O) groups excluding carboxylic acids is 1. The summed E-state index contributed by atoms with van der Waals surface area (Å²) in [5.41, 5.74) is 1.82. The van der Waals surface area contributed by atoms with Gasteiger partial charge in [-0.25, -0.2) is 14.4 Å². The van der Waals surface area contributed by atoms with Crippen molar-refractivity contribution in [3.63, 3.8) is 0 Å². The SMILES string of the molecule is CCN1CCN(C(=O)[C@H](O)[C@@H](O)c2ccc3c(c2)sc2ncnc(Nc4ccc(OCc5cccc(F)c5)c(Cl)c4)c23)CC1. The highest BCUT2D eigenvalue weighted by atomic mass is 35.5. The lowest BCUT2D eigenvalue weighted by molar-refractivity contribution is -0.148. The summed E-state index contributed by atoms with van der Waals surface area (Å²) >= 11 is 7.92. The Morgan fingerprint density at radius 3 is 2.66 bits per heavy atom. The topological polar surface area (TPSA) is 111 Å². The molecule has 9 nitrogen and oxygen atoms in total. The van der Waals surface area contributed by atoms with Crippen molar-refractivity contribution in [2.75, 3.05) is 38.0 Å². The molecular formula is C32H31ClFN5O4S. The second-order valence-electron chi connectivity index (χ2n) is 10.6. The van der Waals surface area contributed by atoms with Crippen LogP contribution in [0, 0.1) is 5.82 Å². The van der Waals surface area contributed by atoms with Gasteiger partial charge in [0.05, 0.1) is 10.4 Å². The number of piperazine rings is 1. The molecule has 3 aromatic carbocycles. The Bertz CT molecular complexity index is 1810. The third-order valence-corrected chi connectivity index (χ3v) is 9.15. The van der Waals surface area contributed by atoms with E-state index in [1.165, 1.54) is 29.8 Å². The Morgan fingerprint density at radius 2 is 1.91 bits per heavy atom. The number of carbonyl (C=O) groups is 1. The third-order valence-electron chi connectivity index (χ3n) is 7.80. The number of aliphatic hydroxyl groups is 2. The Kier molecular flexibility index (Phi) is 8.92. The molecule has 3 heterocycles. The van der Waals surface area contributed by atoms with Crippen LogP contribution in [0.3, 0.4) is 0 Å². The normalized spacial score (nSPS) is 15.4. The van der Waals surface area contributed by atoms with Crippen LogP contribution >= 0.6 is 22.9 Å². The molecule has 6 rings (SSSR count). The molecule has 1 saturated heterocycles. The van der Waals surface area contributed by atoms with E-state index < -0.39 is 18.1 Å². The van der Waals surface area contributed by atoms with Gasteiger partial charge < -0.3 is 30.1 Å². The van der Waals surface area contributed by atoms with Gasteiger partial charge in [-0.2, -0.15) is 0 Å². The van der Waals surface area contributed by atoms with Gasteiger partial charge in [-0.1, -0.05) is 42.8 Å². The average Bonchev–Trinajstić information content (AvgIpc) is 3.42. The lowest BCUT2D eigenvalue weighted by atomic mass is 10.0. The van der Waals surface area contributed by atoms with Crippen LogP contribution in [0.25, 0.3) is 20.3 Å². The Hall–Kier alpha value is -3.87. The van der Waals surface area contributed by atoms with Gasteiger partial charge in [-0.05, 0) is 54.1 Å². The number of nitrogens with zero attached hydrogens (tertiary/aromatic N) is 4. The van der Waals surface area contributed by atoms with Crippen LogP contribution in [0.5, 0.6) is 5.75 Å². The summed E-state index contributed by atoms with van der Waals surface area (Å²) in [6.07, 6.45) is -1.46. The monoisotopic (exact) mass is 635 g/mol. The van der Waals surface area contributed by atoms with Gasteiger partial charge in [-0.3, -0.25) is 4.79 Å². The molecule has 1 aliphatic heterocycles. The van der Waals surface area contributed by atoms with E-state index in [9.17, 15) is 19.4 Å². The smallest absolute Gasteiger partial charge is 0.254 e. The van der Waals surface area contributed by atoms with Crippen molar-refractivity contribution in [1.82, 2.24) is 19.8 Å². The number of fused-ring (bicyclic) bond motifs is 3. The third kappa shape index (κ3) is 6.33. The largest absolute Gasteiger partial charge is 0.487 e. The molecule has 0 saturated carbocycles. The number of aromatic nitrogens is 2. The van der Waals surface area contributed by atoms with Gasteiger partial charge in [0.2, 0.25) is 0 Å². The van der Waals surface area contributed by atoms with Crippen molar-refractivity contribution in [1.29, 1.82) is 0 Å². The maximum absolute atomic E-state index is 13.5. The molecule has 2 atom stereocenters. The highest BCUT2D eigenvalue weighted by Crippen LogP contribution is 2.39. The minimum atomic E-state index is -1.56. The quantitative estimate of drug-likeness (QED) is 0.194. The number of anilines is 2. The van der Waals surface area contributed by atoms with E-state index in [2.05, 4.69) is 27.1 Å². The summed E-state index contributed by atoms with van der Waals surface area (Å²) < 4.78 is 20.1. The van der Waals surface area contributed by atoms with Crippen LogP contribution in [0.2, 0.25) is 5.02 Å². The highest BCUT2D eigenvalue weighted by molar-refractivity contribution is 7.25. The number of amides is 1. The molecular weight excluding hydrogens is 605 g/mol. The second kappa shape index (κ2) is 13.0. The molecule has 12 heteroatoms. The van der Waals surface area contributed by atoms with E-state index in [-0.39, 0.29) is 12.4 Å². The van der Waals surface area contributed by atoms with Gasteiger partial charge in [-0.15, -0.1) is 11.3 Å². The van der Waals surface area contributed by atoms with Crippen LogP contribution in [0.1, 0.15) is 24.2 Å². The number of ether oxygens (including phenoxy) is 1. The zero-order valence-corrected chi connectivity index (χ0v) is 25.5. The number of aliphatic hydroxyl groups excluding tert-OH is 2. The number of nitrogens with one attached hydrogen (secondary N) is 1. The van der Waals surface area contributed by atoms with Crippen LogP contribution in [0.4, 0.5) is 15.9 Å². The molecule has 228 valence electrons. The maximum Gasteiger partial charge on any atom is 0.254 e. The summed E-state index contributed by atoms with van der Waals surface area (Å²) in [7, 11) is 0. The molecule has 0 unspecified atom stereocenters.